The quantitative estimate of drug-likeness (QED) is 0.594. The van der Waals surface area contributed by atoms with Gasteiger partial charge in [0.25, 0.3) is 0 Å². The fraction of sp³-hybridized carbons (Fsp3) is 0.421. The standard InChI is InChI=1S/C19H20F3N5OS/c1-27(18-13-3-4-23-17(13)25-10-26-18)12-5-11(6-12)9-29-15-8-24-16(28-2)7-14(15)19(20,21)22/h3-4,7-8,10-12H,5-6,9H2,1-2H3,(H,23,25,26). The molecular weight excluding hydrogens is 403 g/mol. The van der Waals surface area contributed by atoms with Gasteiger partial charge >= 0.3 is 6.18 Å². The summed E-state index contributed by atoms with van der Waals surface area (Å²) in [6, 6.07) is 3.21. The molecule has 1 fully saturated rings. The number of methoxy groups -OCH3 is 1. The maximum atomic E-state index is 13.3. The number of anilines is 1. The summed E-state index contributed by atoms with van der Waals surface area (Å²) in [5.41, 5.74) is 0.0955. The van der Waals surface area contributed by atoms with E-state index in [4.69, 9.17) is 4.74 Å². The van der Waals surface area contributed by atoms with Gasteiger partial charge in [0, 0.05) is 42.2 Å². The van der Waals surface area contributed by atoms with Gasteiger partial charge in [-0.15, -0.1) is 11.8 Å². The van der Waals surface area contributed by atoms with Crippen LogP contribution in [-0.2, 0) is 6.18 Å². The van der Waals surface area contributed by atoms with E-state index in [1.165, 1.54) is 31.4 Å². The highest BCUT2D eigenvalue weighted by atomic mass is 32.2. The Kier molecular flexibility index (Phi) is 5.28. The van der Waals surface area contributed by atoms with Gasteiger partial charge in [-0.05, 0) is 24.8 Å². The van der Waals surface area contributed by atoms with Crippen molar-refractivity contribution in [1.82, 2.24) is 19.9 Å². The minimum atomic E-state index is -4.43. The van der Waals surface area contributed by atoms with Crippen molar-refractivity contribution in [3.63, 3.8) is 0 Å². The van der Waals surface area contributed by atoms with Crippen LogP contribution in [0.4, 0.5) is 19.0 Å². The molecule has 3 aromatic rings. The first kappa shape index (κ1) is 19.8. The molecule has 3 heterocycles. The first-order chi connectivity index (χ1) is 13.9. The molecule has 1 N–H and O–H groups in total. The van der Waals surface area contributed by atoms with E-state index < -0.39 is 11.7 Å². The first-order valence-corrected chi connectivity index (χ1v) is 10.1. The largest absolute Gasteiger partial charge is 0.481 e. The molecule has 4 rings (SSSR count). The lowest BCUT2D eigenvalue weighted by Crippen LogP contribution is -2.43. The van der Waals surface area contributed by atoms with Crippen molar-refractivity contribution in [3.05, 3.63) is 36.4 Å². The van der Waals surface area contributed by atoms with Gasteiger partial charge in [-0.2, -0.15) is 13.2 Å². The third-order valence-electron chi connectivity index (χ3n) is 5.26. The average Bonchev–Trinajstić information content (AvgIpc) is 3.14. The van der Waals surface area contributed by atoms with Gasteiger partial charge in [0.1, 0.15) is 17.8 Å². The zero-order valence-electron chi connectivity index (χ0n) is 15.9. The van der Waals surface area contributed by atoms with Crippen LogP contribution in [0.3, 0.4) is 0 Å². The molecule has 0 spiro atoms. The Morgan fingerprint density at radius 1 is 1.28 bits per heavy atom. The molecule has 29 heavy (non-hydrogen) atoms. The predicted molar refractivity (Wildman–Crippen MR) is 105 cm³/mol. The SMILES string of the molecule is COc1cc(C(F)(F)F)c(SCC2CC(N(C)c3ncnc4[nH]ccc34)C2)cn1. The molecule has 1 aliphatic carbocycles. The number of alkyl halides is 3. The van der Waals surface area contributed by atoms with Crippen molar-refractivity contribution in [2.75, 3.05) is 24.8 Å². The number of hydrogen-bond acceptors (Lipinski definition) is 6. The van der Waals surface area contributed by atoms with E-state index in [1.54, 1.807) is 0 Å². The van der Waals surface area contributed by atoms with Crippen LogP contribution in [0.25, 0.3) is 11.0 Å². The Bertz CT molecular complexity index is 1000. The molecule has 0 radical (unpaired) electrons. The van der Waals surface area contributed by atoms with E-state index in [2.05, 4.69) is 24.8 Å². The number of H-pyrrole nitrogens is 1. The first-order valence-electron chi connectivity index (χ1n) is 9.11. The van der Waals surface area contributed by atoms with Crippen LogP contribution in [0.1, 0.15) is 18.4 Å². The smallest absolute Gasteiger partial charge is 0.417 e. The molecule has 0 unspecified atom stereocenters. The molecule has 3 aromatic heterocycles. The Morgan fingerprint density at radius 3 is 2.79 bits per heavy atom. The molecule has 6 nitrogen and oxygen atoms in total. The summed E-state index contributed by atoms with van der Waals surface area (Å²) in [6.45, 7) is 0. The zero-order chi connectivity index (χ0) is 20.6. The lowest BCUT2D eigenvalue weighted by atomic mass is 9.81. The fourth-order valence-electron chi connectivity index (χ4n) is 3.54. The normalized spacial score (nSPS) is 19.2. The van der Waals surface area contributed by atoms with Crippen LogP contribution >= 0.6 is 11.8 Å². The van der Waals surface area contributed by atoms with Gasteiger partial charge in [-0.3, -0.25) is 0 Å². The number of aromatic amines is 1. The molecule has 0 aliphatic heterocycles. The molecule has 1 saturated carbocycles. The summed E-state index contributed by atoms with van der Waals surface area (Å²) in [4.78, 5) is 17.9. The maximum Gasteiger partial charge on any atom is 0.417 e. The summed E-state index contributed by atoms with van der Waals surface area (Å²) in [6.07, 6.45) is 1.99. The molecule has 1 aliphatic rings. The predicted octanol–water partition coefficient (Wildman–Crippen LogP) is 4.39. The highest BCUT2D eigenvalue weighted by molar-refractivity contribution is 7.99. The molecule has 154 valence electrons. The average molecular weight is 423 g/mol. The van der Waals surface area contributed by atoms with E-state index in [0.29, 0.717) is 17.7 Å². The fourth-order valence-corrected chi connectivity index (χ4v) is 4.69. The number of fused-ring (bicyclic) bond motifs is 1. The molecule has 0 saturated heterocycles. The van der Waals surface area contributed by atoms with Gasteiger partial charge in [0.05, 0.1) is 18.1 Å². The summed E-state index contributed by atoms with van der Waals surface area (Å²) < 4.78 is 44.8. The third kappa shape index (κ3) is 3.98. The second-order valence-electron chi connectivity index (χ2n) is 7.07. The maximum absolute atomic E-state index is 13.3. The second kappa shape index (κ2) is 7.74. The van der Waals surface area contributed by atoms with Gasteiger partial charge in [0.2, 0.25) is 5.88 Å². The van der Waals surface area contributed by atoms with Gasteiger partial charge in [-0.25, -0.2) is 15.0 Å². The van der Waals surface area contributed by atoms with Crippen molar-refractivity contribution in [3.8, 4) is 5.88 Å². The Balaban J connectivity index is 1.38. The monoisotopic (exact) mass is 423 g/mol. The second-order valence-corrected chi connectivity index (χ2v) is 8.13. The van der Waals surface area contributed by atoms with E-state index in [9.17, 15) is 13.2 Å². The van der Waals surface area contributed by atoms with Crippen molar-refractivity contribution in [1.29, 1.82) is 0 Å². The lowest BCUT2D eigenvalue weighted by molar-refractivity contribution is -0.139. The van der Waals surface area contributed by atoms with Crippen LogP contribution in [0, 0.1) is 5.92 Å². The van der Waals surface area contributed by atoms with E-state index in [-0.39, 0.29) is 10.8 Å². The van der Waals surface area contributed by atoms with Gasteiger partial charge < -0.3 is 14.6 Å². The molecule has 0 atom stereocenters. The Morgan fingerprint density at radius 2 is 2.07 bits per heavy atom. The zero-order valence-corrected chi connectivity index (χ0v) is 16.7. The Labute approximate surface area is 169 Å². The third-order valence-corrected chi connectivity index (χ3v) is 6.53. The number of halogens is 3. The number of ether oxygens (including phenoxy) is 1. The lowest BCUT2D eigenvalue weighted by Gasteiger charge is -2.41. The van der Waals surface area contributed by atoms with Crippen molar-refractivity contribution < 1.29 is 17.9 Å². The van der Waals surface area contributed by atoms with Crippen LogP contribution in [0.5, 0.6) is 5.88 Å². The number of pyridine rings is 1. The van der Waals surface area contributed by atoms with Crippen LogP contribution in [-0.4, -0.2) is 45.9 Å². The number of thioether (sulfide) groups is 1. The molecule has 0 amide bonds. The number of nitrogens with zero attached hydrogens (tertiary/aromatic N) is 4. The van der Waals surface area contributed by atoms with Crippen LogP contribution in [0.15, 0.2) is 35.7 Å². The summed E-state index contributed by atoms with van der Waals surface area (Å²) in [5.74, 6) is 1.79. The van der Waals surface area contributed by atoms with Crippen LogP contribution in [0.2, 0.25) is 0 Å². The van der Waals surface area contributed by atoms with Gasteiger partial charge in [0.15, 0.2) is 0 Å². The Hall–Kier alpha value is -2.49. The molecule has 0 aromatic carbocycles. The van der Waals surface area contributed by atoms with Gasteiger partial charge in [-0.1, -0.05) is 0 Å². The summed E-state index contributed by atoms with van der Waals surface area (Å²) in [7, 11) is 3.30. The summed E-state index contributed by atoms with van der Waals surface area (Å²) in [5, 5.41) is 0.965. The number of hydrogen-bond donors (Lipinski definition) is 1. The molecule has 0 bridgehead atoms. The van der Waals surface area contributed by atoms with Crippen molar-refractivity contribution >= 4 is 28.6 Å². The topological polar surface area (TPSA) is 66.9 Å². The molecular formula is C19H20F3N5OS. The van der Waals surface area contributed by atoms with Crippen LogP contribution < -0.4 is 9.64 Å². The number of rotatable bonds is 6. The van der Waals surface area contributed by atoms with E-state index >= 15 is 0 Å². The number of aromatic nitrogens is 4. The minimum absolute atomic E-state index is 0.0343. The van der Waals surface area contributed by atoms with E-state index in [0.717, 1.165) is 35.8 Å². The molecule has 10 heteroatoms. The minimum Gasteiger partial charge on any atom is -0.481 e. The highest BCUT2D eigenvalue weighted by Gasteiger charge is 2.36. The summed E-state index contributed by atoms with van der Waals surface area (Å²) >= 11 is 1.20. The van der Waals surface area contributed by atoms with E-state index in [1.807, 2.05) is 19.3 Å². The van der Waals surface area contributed by atoms with Crippen molar-refractivity contribution in [2.24, 2.45) is 5.92 Å². The highest BCUT2D eigenvalue weighted by Crippen LogP contribution is 2.42. The number of nitrogens with one attached hydrogen (secondary N) is 1. The van der Waals surface area contributed by atoms with Crippen molar-refractivity contribution in [2.45, 2.75) is 30.0 Å².